The predicted molar refractivity (Wildman–Crippen MR) is 56.4 cm³/mol. The van der Waals surface area contributed by atoms with Gasteiger partial charge in [-0.25, -0.2) is 0 Å². The van der Waals surface area contributed by atoms with Gasteiger partial charge in [-0.15, -0.1) is 11.3 Å². The van der Waals surface area contributed by atoms with Crippen molar-refractivity contribution in [1.82, 2.24) is 0 Å². The highest BCUT2D eigenvalue weighted by molar-refractivity contribution is 14.1. The van der Waals surface area contributed by atoms with Crippen LogP contribution in [0, 0.1) is 0 Å². The highest BCUT2D eigenvalue weighted by atomic mass is 127. The zero-order chi connectivity index (χ0) is 10.3. The molecule has 0 aromatic carbocycles. The molecule has 1 rings (SSSR count). The van der Waals surface area contributed by atoms with Crippen LogP contribution in [0.3, 0.4) is 0 Å². The molecule has 0 nitrogen and oxygen atoms in total. The highest BCUT2D eigenvalue weighted by Gasteiger charge is 2.33. The Morgan fingerprint density at radius 1 is 1.15 bits per heavy atom. The maximum Gasteiger partial charge on any atom is 0.425 e. The van der Waals surface area contributed by atoms with E-state index < -0.39 is 11.1 Å². The van der Waals surface area contributed by atoms with Gasteiger partial charge in [-0.1, -0.05) is 22.6 Å². The highest BCUT2D eigenvalue weighted by Crippen LogP contribution is 2.41. The van der Waals surface area contributed by atoms with Gasteiger partial charge in [0.1, 0.15) is 4.88 Å². The summed E-state index contributed by atoms with van der Waals surface area (Å²) in [6, 6.07) is 2.68. The molecule has 1 aromatic heterocycles. The van der Waals surface area contributed by atoms with E-state index in [1.54, 1.807) is 6.07 Å². The van der Waals surface area contributed by atoms with E-state index in [0.29, 0.717) is 0 Å². The van der Waals surface area contributed by atoms with Crippen LogP contribution < -0.4 is 0 Å². The second kappa shape index (κ2) is 3.42. The van der Waals surface area contributed by atoms with Crippen molar-refractivity contribution in [3.05, 3.63) is 21.9 Å². The number of halogens is 4. The maximum absolute atomic E-state index is 12.2. The summed E-state index contributed by atoms with van der Waals surface area (Å²) in [4.78, 5) is 0.229. The van der Waals surface area contributed by atoms with Gasteiger partial charge in [-0.2, -0.15) is 13.2 Å². The Bertz CT molecular complexity index is 267. The van der Waals surface area contributed by atoms with Gasteiger partial charge in [0.2, 0.25) is 0 Å². The average molecular weight is 320 g/mol. The number of alkyl halides is 4. The Morgan fingerprint density at radius 3 is 1.85 bits per heavy atom. The summed E-state index contributed by atoms with van der Waals surface area (Å²) in [5.74, 6) is 0. The second-order valence-electron chi connectivity index (χ2n) is 3.13. The van der Waals surface area contributed by atoms with Crippen molar-refractivity contribution >= 4 is 33.9 Å². The molecular formula is C8H8F3IS. The quantitative estimate of drug-likeness (QED) is 0.530. The van der Waals surface area contributed by atoms with Gasteiger partial charge < -0.3 is 0 Å². The van der Waals surface area contributed by atoms with Crippen molar-refractivity contribution in [2.45, 2.75) is 23.4 Å². The van der Waals surface area contributed by atoms with Crippen molar-refractivity contribution in [2.24, 2.45) is 0 Å². The summed E-state index contributed by atoms with van der Waals surface area (Å²) >= 11 is 2.94. The molecule has 0 radical (unpaired) electrons. The molecule has 0 bridgehead atoms. The normalized spacial score (nSPS) is 13.4. The zero-order valence-electron chi connectivity index (χ0n) is 7.07. The summed E-state index contributed by atoms with van der Waals surface area (Å²) < 4.78 is 36.4. The molecule has 0 spiro atoms. The molecule has 0 aliphatic rings. The van der Waals surface area contributed by atoms with E-state index in [2.05, 4.69) is 22.6 Å². The third kappa shape index (κ3) is 2.83. The minimum Gasteiger partial charge on any atom is -0.165 e. The molecule has 1 aromatic rings. The molecule has 0 aliphatic heterocycles. The van der Waals surface area contributed by atoms with E-state index in [4.69, 9.17) is 0 Å². The minimum absolute atomic E-state index is 0.230. The standard InChI is InChI=1S/C8H8F3IS/c1-7(2,12)5-3-4-6(13-5)8(9,10)11/h3-4H,1-2H3. The van der Waals surface area contributed by atoms with Gasteiger partial charge in [0.15, 0.2) is 0 Å². The monoisotopic (exact) mass is 320 g/mol. The first-order chi connectivity index (χ1) is 5.71. The number of thiophene rings is 1. The molecule has 0 fully saturated rings. The summed E-state index contributed by atoms with van der Waals surface area (Å²) in [6.07, 6.45) is -4.20. The number of hydrogen-bond donors (Lipinski definition) is 0. The van der Waals surface area contributed by atoms with Crippen LogP contribution >= 0.6 is 33.9 Å². The smallest absolute Gasteiger partial charge is 0.165 e. The van der Waals surface area contributed by atoms with Crippen LogP contribution in [-0.4, -0.2) is 0 Å². The van der Waals surface area contributed by atoms with E-state index >= 15 is 0 Å². The molecule has 1 heterocycles. The molecule has 0 aliphatic carbocycles. The Kier molecular flexibility index (Phi) is 2.97. The fourth-order valence-corrected chi connectivity index (χ4v) is 2.19. The lowest BCUT2D eigenvalue weighted by molar-refractivity contribution is -0.134. The first-order valence-electron chi connectivity index (χ1n) is 3.57. The van der Waals surface area contributed by atoms with Crippen molar-refractivity contribution in [1.29, 1.82) is 0 Å². The van der Waals surface area contributed by atoms with Crippen LogP contribution in [0.1, 0.15) is 23.6 Å². The minimum atomic E-state index is -4.20. The first-order valence-corrected chi connectivity index (χ1v) is 5.47. The Balaban J connectivity index is 3.01. The largest absolute Gasteiger partial charge is 0.425 e. The topological polar surface area (TPSA) is 0 Å². The predicted octanol–water partition coefficient (Wildman–Crippen LogP) is 4.44. The van der Waals surface area contributed by atoms with E-state index in [-0.39, 0.29) is 3.42 Å². The molecular weight excluding hydrogens is 312 g/mol. The van der Waals surface area contributed by atoms with Gasteiger partial charge in [-0.05, 0) is 26.0 Å². The second-order valence-corrected chi connectivity index (χ2v) is 6.91. The summed E-state index contributed by atoms with van der Waals surface area (Å²) in [6.45, 7) is 3.78. The molecule has 0 saturated heterocycles. The van der Waals surface area contributed by atoms with Crippen LogP contribution in [0.25, 0.3) is 0 Å². The number of rotatable bonds is 1. The van der Waals surface area contributed by atoms with Crippen LogP contribution in [0.4, 0.5) is 13.2 Å². The van der Waals surface area contributed by atoms with E-state index in [0.717, 1.165) is 22.3 Å². The molecule has 0 amide bonds. The summed E-state index contributed by atoms with van der Waals surface area (Å²) in [7, 11) is 0. The van der Waals surface area contributed by atoms with E-state index in [1.807, 2.05) is 13.8 Å². The third-order valence-electron chi connectivity index (χ3n) is 1.47. The Labute approximate surface area is 92.3 Å². The van der Waals surface area contributed by atoms with Crippen LogP contribution in [0.2, 0.25) is 0 Å². The van der Waals surface area contributed by atoms with Gasteiger partial charge in [0.25, 0.3) is 0 Å². The average Bonchev–Trinajstić information content (AvgIpc) is 2.28. The summed E-state index contributed by atoms with van der Waals surface area (Å²) in [5, 5.41) is 0. The van der Waals surface area contributed by atoms with Crippen molar-refractivity contribution < 1.29 is 13.2 Å². The molecule has 0 N–H and O–H groups in total. The van der Waals surface area contributed by atoms with Gasteiger partial charge in [0, 0.05) is 4.88 Å². The van der Waals surface area contributed by atoms with E-state index in [9.17, 15) is 13.2 Å². The SMILES string of the molecule is CC(C)(I)c1ccc(C(F)(F)F)s1. The van der Waals surface area contributed by atoms with Crippen molar-refractivity contribution in [2.75, 3.05) is 0 Å². The van der Waals surface area contributed by atoms with Gasteiger partial charge >= 0.3 is 6.18 Å². The molecule has 0 unspecified atom stereocenters. The molecule has 0 atom stereocenters. The lowest BCUT2D eigenvalue weighted by Crippen LogP contribution is -2.03. The molecule has 5 heteroatoms. The third-order valence-corrected chi connectivity index (χ3v) is 3.87. The lowest BCUT2D eigenvalue weighted by Gasteiger charge is -2.13. The fourth-order valence-electron chi connectivity index (χ4n) is 0.810. The first kappa shape index (κ1) is 11.3. The van der Waals surface area contributed by atoms with Crippen molar-refractivity contribution in [3.63, 3.8) is 0 Å². The fraction of sp³-hybridized carbons (Fsp3) is 0.500. The van der Waals surface area contributed by atoms with Crippen LogP contribution in [-0.2, 0) is 9.60 Å². The van der Waals surface area contributed by atoms with Crippen LogP contribution in [0.15, 0.2) is 12.1 Å². The summed E-state index contributed by atoms with van der Waals surface area (Å²) in [5.41, 5.74) is 0. The molecule has 13 heavy (non-hydrogen) atoms. The Morgan fingerprint density at radius 2 is 1.62 bits per heavy atom. The lowest BCUT2D eigenvalue weighted by atomic mass is 10.2. The zero-order valence-corrected chi connectivity index (χ0v) is 10.0. The number of hydrogen-bond acceptors (Lipinski definition) is 1. The Hall–Kier alpha value is 0.220. The van der Waals surface area contributed by atoms with Crippen LogP contribution in [0.5, 0.6) is 0 Å². The van der Waals surface area contributed by atoms with E-state index in [1.165, 1.54) is 0 Å². The maximum atomic E-state index is 12.2. The molecule has 74 valence electrons. The van der Waals surface area contributed by atoms with Crippen molar-refractivity contribution in [3.8, 4) is 0 Å². The molecule has 0 saturated carbocycles. The van der Waals surface area contributed by atoms with Gasteiger partial charge in [0.05, 0.1) is 3.42 Å². The van der Waals surface area contributed by atoms with Gasteiger partial charge in [-0.3, -0.25) is 0 Å².